The van der Waals surface area contributed by atoms with Crippen molar-refractivity contribution in [1.82, 2.24) is 0 Å². The van der Waals surface area contributed by atoms with Crippen LogP contribution in [0, 0.1) is 0 Å². The van der Waals surface area contributed by atoms with Gasteiger partial charge in [0.15, 0.2) is 0 Å². The molecule has 1 aromatic carbocycles. The molecule has 68 valence electrons. The molecular weight excluding hydrogens is 259 g/mol. The van der Waals surface area contributed by atoms with Crippen molar-refractivity contribution in [2.24, 2.45) is 0 Å². The molecule has 0 aliphatic heterocycles. The van der Waals surface area contributed by atoms with Crippen LogP contribution in [0.2, 0.25) is 0 Å². The van der Waals surface area contributed by atoms with Gasteiger partial charge in [-0.15, -0.1) is 24.0 Å². The summed E-state index contributed by atoms with van der Waals surface area (Å²) in [6.45, 7) is 4.45. The molecule has 0 aliphatic carbocycles. The Morgan fingerprint density at radius 3 is 2.08 bits per heavy atom. The standard InChI is InChI=1S/C11H16.HI/c1-3-7-11-9-6-5-8-10(11)4-2;/h5-6,8-9H,3-4,7H2,1-2H3;1H. The van der Waals surface area contributed by atoms with E-state index in [1.165, 1.54) is 24.0 Å². The molecule has 0 unspecified atom stereocenters. The van der Waals surface area contributed by atoms with Crippen molar-refractivity contribution in [1.29, 1.82) is 0 Å². The topological polar surface area (TPSA) is 0 Å². The van der Waals surface area contributed by atoms with E-state index in [1.807, 2.05) is 0 Å². The van der Waals surface area contributed by atoms with Gasteiger partial charge in [-0.25, -0.2) is 0 Å². The molecule has 0 aliphatic rings. The summed E-state index contributed by atoms with van der Waals surface area (Å²) in [5.74, 6) is 0. The van der Waals surface area contributed by atoms with Gasteiger partial charge in [0.05, 0.1) is 0 Å². The fourth-order valence-electron chi connectivity index (χ4n) is 1.42. The van der Waals surface area contributed by atoms with Gasteiger partial charge < -0.3 is 0 Å². The summed E-state index contributed by atoms with van der Waals surface area (Å²) in [7, 11) is 0. The summed E-state index contributed by atoms with van der Waals surface area (Å²) in [5, 5.41) is 0. The lowest BCUT2D eigenvalue weighted by Gasteiger charge is -2.04. The van der Waals surface area contributed by atoms with Crippen LogP contribution in [-0.2, 0) is 12.8 Å². The van der Waals surface area contributed by atoms with Crippen LogP contribution in [0.4, 0.5) is 0 Å². The maximum absolute atomic E-state index is 2.24. The maximum atomic E-state index is 2.24. The molecular formula is C11H17I. The van der Waals surface area contributed by atoms with Crippen molar-refractivity contribution >= 4 is 24.0 Å². The summed E-state index contributed by atoms with van der Waals surface area (Å²) in [6, 6.07) is 8.72. The minimum atomic E-state index is 0. The fourth-order valence-corrected chi connectivity index (χ4v) is 1.42. The molecule has 1 rings (SSSR count). The van der Waals surface area contributed by atoms with E-state index in [1.54, 1.807) is 0 Å². The lowest BCUT2D eigenvalue weighted by atomic mass is 10.0. The van der Waals surface area contributed by atoms with Gasteiger partial charge in [-0.2, -0.15) is 0 Å². The van der Waals surface area contributed by atoms with Gasteiger partial charge in [-0.1, -0.05) is 44.5 Å². The van der Waals surface area contributed by atoms with E-state index in [0.717, 1.165) is 6.42 Å². The van der Waals surface area contributed by atoms with Crippen LogP contribution in [0.3, 0.4) is 0 Å². The van der Waals surface area contributed by atoms with Gasteiger partial charge in [0.25, 0.3) is 0 Å². The molecule has 0 N–H and O–H groups in total. The lowest BCUT2D eigenvalue weighted by Crippen LogP contribution is -1.90. The van der Waals surface area contributed by atoms with E-state index in [0.29, 0.717) is 0 Å². The predicted molar refractivity (Wildman–Crippen MR) is 65.2 cm³/mol. The van der Waals surface area contributed by atoms with Crippen molar-refractivity contribution in [2.75, 3.05) is 0 Å². The van der Waals surface area contributed by atoms with Gasteiger partial charge in [-0.3, -0.25) is 0 Å². The summed E-state index contributed by atoms with van der Waals surface area (Å²) in [6.07, 6.45) is 3.64. The van der Waals surface area contributed by atoms with Crippen molar-refractivity contribution in [3.63, 3.8) is 0 Å². The second-order valence-electron chi connectivity index (χ2n) is 2.87. The second kappa shape index (κ2) is 6.46. The molecule has 0 saturated carbocycles. The fraction of sp³-hybridized carbons (Fsp3) is 0.455. The first-order valence-electron chi connectivity index (χ1n) is 4.45. The molecule has 0 fully saturated rings. The van der Waals surface area contributed by atoms with E-state index in [2.05, 4.69) is 38.1 Å². The van der Waals surface area contributed by atoms with Gasteiger partial charge in [-0.05, 0) is 24.0 Å². The average Bonchev–Trinajstić information content (AvgIpc) is 2.06. The normalized spacial score (nSPS) is 9.17. The van der Waals surface area contributed by atoms with Gasteiger partial charge in [0, 0.05) is 0 Å². The highest BCUT2D eigenvalue weighted by Crippen LogP contribution is 2.10. The number of halogens is 1. The average molecular weight is 276 g/mol. The molecule has 0 radical (unpaired) electrons. The Morgan fingerprint density at radius 2 is 1.58 bits per heavy atom. The van der Waals surface area contributed by atoms with Gasteiger partial charge in [0.1, 0.15) is 0 Å². The van der Waals surface area contributed by atoms with Crippen LogP contribution in [-0.4, -0.2) is 0 Å². The minimum absolute atomic E-state index is 0. The zero-order valence-electron chi connectivity index (χ0n) is 7.84. The molecule has 0 nitrogen and oxygen atoms in total. The highest BCUT2D eigenvalue weighted by Gasteiger charge is 1.96. The third-order valence-electron chi connectivity index (χ3n) is 2.02. The Labute approximate surface area is 92.4 Å². The van der Waals surface area contributed by atoms with Crippen LogP contribution < -0.4 is 0 Å². The van der Waals surface area contributed by atoms with Crippen molar-refractivity contribution in [3.8, 4) is 0 Å². The maximum Gasteiger partial charge on any atom is -0.0279 e. The van der Waals surface area contributed by atoms with Crippen LogP contribution in [0.15, 0.2) is 24.3 Å². The molecule has 0 saturated heterocycles. The van der Waals surface area contributed by atoms with Crippen molar-refractivity contribution in [2.45, 2.75) is 33.1 Å². The third-order valence-corrected chi connectivity index (χ3v) is 2.02. The Hall–Kier alpha value is -0.0500. The zero-order chi connectivity index (χ0) is 8.10. The molecule has 12 heavy (non-hydrogen) atoms. The first kappa shape index (κ1) is 11.9. The molecule has 0 aromatic heterocycles. The predicted octanol–water partition coefficient (Wildman–Crippen LogP) is 3.82. The number of hydrogen-bond donors (Lipinski definition) is 0. The van der Waals surface area contributed by atoms with Crippen LogP contribution >= 0.6 is 24.0 Å². The van der Waals surface area contributed by atoms with E-state index < -0.39 is 0 Å². The SMILES string of the molecule is CCCc1ccccc1CC.I. The molecule has 0 amide bonds. The Bertz CT molecular complexity index is 218. The monoisotopic (exact) mass is 276 g/mol. The number of rotatable bonds is 3. The Kier molecular flexibility index (Phi) is 6.44. The van der Waals surface area contributed by atoms with Crippen LogP contribution in [0.1, 0.15) is 31.4 Å². The Balaban J connectivity index is 0.00000121. The molecule has 0 heterocycles. The minimum Gasteiger partial charge on any atom is -0.107 e. The smallest absolute Gasteiger partial charge is 0.0279 e. The van der Waals surface area contributed by atoms with Crippen LogP contribution in [0.5, 0.6) is 0 Å². The highest BCUT2D eigenvalue weighted by atomic mass is 127. The van der Waals surface area contributed by atoms with E-state index in [4.69, 9.17) is 0 Å². The Morgan fingerprint density at radius 1 is 1.00 bits per heavy atom. The first-order valence-corrected chi connectivity index (χ1v) is 4.45. The van der Waals surface area contributed by atoms with Gasteiger partial charge in [0.2, 0.25) is 0 Å². The van der Waals surface area contributed by atoms with Crippen molar-refractivity contribution in [3.05, 3.63) is 35.4 Å². The number of aryl methyl sites for hydroxylation is 2. The molecule has 0 spiro atoms. The molecule has 0 bridgehead atoms. The third kappa shape index (κ3) is 3.13. The van der Waals surface area contributed by atoms with E-state index >= 15 is 0 Å². The summed E-state index contributed by atoms with van der Waals surface area (Å²) >= 11 is 0. The first-order chi connectivity index (χ1) is 5.38. The molecule has 1 aromatic rings. The van der Waals surface area contributed by atoms with Crippen molar-refractivity contribution < 1.29 is 0 Å². The van der Waals surface area contributed by atoms with E-state index in [9.17, 15) is 0 Å². The lowest BCUT2D eigenvalue weighted by molar-refractivity contribution is 0.899. The van der Waals surface area contributed by atoms with Crippen LogP contribution in [0.25, 0.3) is 0 Å². The summed E-state index contributed by atoms with van der Waals surface area (Å²) in [5.41, 5.74) is 3.03. The molecule has 0 atom stereocenters. The number of benzene rings is 1. The second-order valence-corrected chi connectivity index (χ2v) is 2.87. The highest BCUT2D eigenvalue weighted by molar-refractivity contribution is 14.0. The number of hydrogen-bond acceptors (Lipinski definition) is 0. The van der Waals surface area contributed by atoms with Gasteiger partial charge >= 0.3 is 0 Å². The largest absolute Gasteiger partial charge is 0.107 e. The quantitative estimate of drug-likeness (QED) is 0.736. The molecule has 1 heteroatoms. The summed E-state index contributed by atoms with van der Waals surface area (Å²) < 4.78 is 0. The summed E-state index contributed by atoms with van der Waals surface area (Å²) in [4.78, 5) is 0. The zero-order valence-corrected chi connectivity index (χ0v) is 10.2. The van der Waals surface area contributed by atoms with E-state index in [-0.39, 0.29) is 24.0 Å².